The Bertz CT molecular complexity index is 373. The molecule has 0 saturated carbocycles. The molecule has 0 N–H and O–H groups in total. The maximum Gasteiger partial charge on any atom is 0.225 e. The standard InChI is InChI=1S/C13H22ClN5/c1-17(2)3-4-18-5-7-19(8-6-18)13-15-10-12(9-14)11-16-13/h10-11H,3-9H2,1-2H3. The van der Waals surface area contributed by atoms with Crippen LogP contribution in [0.15, 0.2) is 12.4 Å². The molecule has 0 aliphatic carbocycles. The Labute approximate surface area is 120 Å². The van der Waals surface area contributed by atoms with Crippen LogP contribution in [0.25, 0.3) is 0 Å². The third kappa shape index (κ3) is 4.30. The first-order valence-electron chi connectivity index (χ1n) is 6.68. The molecule has 0 aromatic carbocycles. The van der Waals surface area contributed by atoms with Gasteiger partial charge in [-0.3, -0.25) is 4.90 Å². The molecule has 1 saturated heterocycles. The predicted molar refractivity (Wildman–Crippen MR) is 78.8 cm³/mol. The van der Waals surface area contributed by atoms with Gasteiger partial charge in [0.1, 0.15) is 0 Å². The van der Waals surface area contributed by atoms with E-state index in [1.54, 1.807) is 0 Å². The van der Waals surface area contributed by atoms with Crippen LogP contribution in [0.3, 0.4) is 0 Å². The van der Waals surface area contributed by atoms with Crippen molar-refractivity contribution in [2.24, 2.45) is 0 Å². The molecular weight excluding hydrogens is 262 g/mol. The number of piperazine rings is 1. The minimum Gasteiger partial charge on any atom is -0.338 e. The molecule has 0 atom stereocenters. The lowest BCUT2D eigenvalue weighted by Crippen LogP contribution is -2.48. The number of hydrogen-bond acceptors (Lipinski definition) is 5. The summed E-state index contributed by atoms with van der Waals surface area (Å²) in [5.41, 5.74) is 0.968. The van der Waals surface area contributed by atoms with E-state index >= 15 is 0 Å². The van der Waals surface area contributed by atoms with E-state index in [-0.39, 0.29) is 0 Å². The first-order valence-corrected chi connectivity index (χ1v) is 7.21. The molecule has 106 valence electrons. The highest BCUT2D eigenvalue weighted by Crippen LogP contribution is 2.11. The molecule has 1 fully saturated rings. The SMILES string of the molecule is CN(C)CCN1CCN(c2ncc(CCl)cn2)CC1. The summed E-state index contributed by atoms with van der Waals surface area (Å²) in [6.45, 7) is 6.39. The first kappa shape index (κ1) is 14.5. The summed E-state index contributed by atoms with van der Waals surface area (Å²) in [6, 6.07) is 0. The topological polar surface area (TPSA) is 35.5 Å². The van der Waals surface area contributed by atoms with Crippen molar-refractivity contribution >= 4 is 17.5 Å². The fraction of sp³-hybridized carbons (Fsp3) is 0.692. The summed E-state index contributed by atoms with van der Waals surface area (Å²) < 4.78 is 0. The molecule has 5 nitrogen and oxygen atoms in total. The summed E-state index contributed by atoms with van der Waals surface area (Å²) in [7, 11) is 4.23. The monoisotopic (exact) mass is 283 g/mol. The number of anilines is 1. The largest absolute Gasteiger partial charge is 0.338 e. The number of hydrogen-bond donors (Lipinski definition) is 0. The highest BCUT2D eigenvalue weighted by Gasteiger charge is 2.18. The molecule has 1 aliphatic heterocycles. The summed E-state index contributed by atoms with van der Waals surface area (Å²) >= 11 is 5.74. The molecule has 1 aromatic heterocycles. The number of halogens is 1. The van der Waals surface area contributed by atoms with Crippen molar-refractivity contribution in [2.75, 3.05) is 58.3 Å². The van der Waals surface area contributed by atoms with Crippen LogP contribution in [0.5, 0.6) is 0 Å². The Morgan fingerprint density at radius 1 is 1.16 bits per heavy atom. The quantitative estimate of drug-likeness (QED) is 0.751. The van der Waals surface area contributed by atoms with Gasteiger partial charge < -0.3 is 9.80 Å². The maximum atomic E-state index is 5.74. The average Bonchev–Trinajstić information content (AvgIpc) is 2.46. The Kier molecular flexibility index (Phi) is 5.36. The van der Waals surface area contributed by atoms with Crippen molar-refractivity contribution in [2.45, 2.75) is 5.88 Å². The number of nitrogens with zero attached hydrogens (tertiary/aromatic N) is 5. The van der Waals surface area contributed by atoms with E-state index in [4.69, 9.17) is 11.6 Å². The van der Waals surface area contributed by atoms with Crippen molar-refractivity contribution in [1.82, 2.24) is 19.8 Å². The van der Waals surface area contributed by atoms with Crippen LogP contribution < -0.4 is 4.90 Å². The lowest BCUT2D eigenvalue weighted by Gasteiger charge is -2.35. The van der Waals surface area contributed by atoms with Gasteiger partial charge in [-0.25, -0.2) is 9.97 Å². The van der Waals surface area contributed by atoms with Gasteiger partial charge in [-0.1, -0.05) is 0 Å². The Morgan fingerprint density at radius 2 is 1.79 bits per heavy atom. The van der Waals surface area contributed by atoms with Crippen LogP contribution in [0.2, 0.25) is 0 Å². The maximum absolute atomic E-state index is 5.74. The van der Waals surface area contributed by atoms with Crippen molar-refractivity contribution in [3.05, 3.63) is 18.0 Å². The Balaban J connectivity index is 1.81. The van der Waals surface area contributed by atoms with Gasteiger partial charge in [0.15, 0.2) is 0 Å². The molecule has 1 aliphatic rings. The molecule has 2 rings (SSSR count). The second-order valence-electron chi connectivity index (χ2n) is 5.16. The molecule has 6 heteroatoms. The molecule has 0 spiro atoms. The second-order valence-corrected chi connectivity index (χ2v) is 5.42. The molecule has 0 amide bonds. The summed E-state index contributed by atoms with van der Waals surface area (Å²) in [4.78, 5) is 15.7. The normalized spacial score (nSPS) is 17.2. The van der Waals surface area contributed by atoms with Crippen LogP contribution in [0.4, 0.5) is 5.95 Å². The highest BCUT2D eigenvalue weighted by molar-refractivity contribution is 6.17. The van der Waals surface area contributed by atoms with E-state index < -0.39 is 0 Å². The van der Waals surface area contributed by atoms with Crippen molar-refractivity contribution in [3.63, 3.8) is 0 Å². The second kappa shape index (κ2) is 7.03. The lowest BCUT2D eigenvalue weighted by atomic mass is 10.3. The third-order valence-corrected chi connectivity index (χ3v) is 3.67. The van der Waals surface area contributed by atoms with E-state index in [1.165, 1.54) is 0 Å². The first-order chi connectivity index (χ1) is 9.19. The van der Waals surface area contributed by atoms with Crippen molar-refractivity contribution in [1.29, 1.82) is 0 Å². The molecule has 0 bridgehead atoms. The van der Waals surface area contributed by atoms with E-state index in [9.17, 15) is 0 Å². The van der Waals surface area contributed by atoms with Crippen LogP contribution in [0, 0.1) is 0 Å². The molecule has 0 radical (unpaired) electrons. The van der Waals surface area contributed by atoms with Crippen molar-refractivity contribution in [3.8, 4) is 0 Å². The smallest absolute Gasteiger partial charge is 0.225 e. The molecule has 0 unspecified atom stereocenters. The summed E-state index contributed by atoms with van der Waals surface area (Å²) in [5, 5.41) is 0. The van der Waals surface area contributed by atoms with Crippen LogP contribution in [-0.4, -0.2) is 73.1 Å². The molecule has 1 aromatic rings. The van der Waals surface area contributed by atoms with Gasteiger partial charge in [0.25, 0.3) is 0 Å². The van der Waals surface area contributed by atoms with Crippen LogP contribution >= 0.6 is 11.6 Å². The van der Waals surface area contributed by atoms with Crippen molar-refractivity contribution < 1.29 is 0 Å². The zero-order valence-corrected chi connectivity index (χ0v) is 12.5. The number of likely N-dealkylation sites (N-methyl/N-ethyl adjacent to an activating group) is 1. The predicted octanol–water partition coefficient (Wildman–Crippen LogP) is 0.899. The Morgan fingerprint density at radius 3 is 2.32 bits per heavy atom. The van der Waals surface area contributed by atoms with Gasteiger partial charge in [0.2, 0.25) is 5.95 Å². The molecular formula is C13H22ClN5. The van der Waals surface area contributed by atoms with E-state index in [0.717, 1.165) is 50.8 Å². The van der Waals surface area contributed by atoms with Crippen LogP contribution in [-0.2, 0) is 5.88 Å². The molecule has 19 heavy (non-hydrogen) atoms. The van der Waals surface area contributed by atoms with Gasteiger partial charge >= 0.3 is 0 Å². The van der Waals surface area contributed by atoms with Gasteiger partial charge in [0, 0.05) is 57.2 Å². The Hall–Kier alpha value is -0.910. The minimum atomic E-state index is 0.471. The van der Waals surface area contributed by atoms with Gasteiger partial charge in [0.05, 0.1) is 5.88 Å². The fourth-order valence-electron chi connectivity index (χ4n) is 2.09. The number of alkyl halides is 1. The number of aromatic nitrogens is 2. The highest BCUT2D eigenvalue weighted by atomic mass is 35.5. The zero-order valence-electron chi connectivity index (χ0n) is 11.7. The average molecular weight is 284 g/mol. The number of rotatable bonds is 5. The zero-order chi connectivity index (χ0) is 13.7. The van der Waals surface area contributed by atoms with E-state index in [2.05, 4.69) is 38.8 Å². The minimum absolute atomic E-state index is 0.471. The molecule has 2 heterocycles. The van der Waals surface area contributed by atoms with Crippen LogP contribution in [0.1, 0.15) is 5.56 Å². The summed E-state index contributed by atoms with van der Waals surface area (Å²) in [5.74, 6) is 1.29. The lowest BCUT2D eigenvalue weighted by molar-refractivity contribution is 0.228. The van der Waals surface area contributed by atoms with Gasteiger partial charge in [-0.2, -0.15) is 0 Å². The van der Waals surface area contributed by atoms with Gasteiger partial charge in [-0.15, -0.1) is 11.6 Å². The fourth-order valence-corrected chi connectivity index (χ4v) is 2.23. The van der Waals surface area contributed by atoms with Gasteiger partial charge in [-0.05, 0) is 14.1 Å². The van der Waals surface area contributed by atoms with E-state index in [1.807, 2.05) is 12.4 Å². The third-order valence-electron chi connectivity index (χ3n) is 3.36. The summed E-state index contributed by atoms with van der Waals surface area (Å²) in [6.07, 6.45) is 3.63. The van der Waals surface area contributed by atoms with E-state index in [0.29, 0.717) is 5.88 Å².